The van der Waals surface area contributed by atoms with E-state index < -0.39 is 0 Å². The van der Waals surface area contributed by atoms with Crippen molar-refractivity contribution in [2.75, 3.05) is 18.2 Å². The highest BCUT2D eigenvalue weighted by atomic mass is 32.1. The summed E-state index contributed by atoms with van der Waals surface area (Å²) in [4.78, 5) is 29.7. The van der Waals surface area contributed by atoms with Crippen LogP contribution in [0.1, 0.15) is 29.9 Å². The third-order valence-electron chi connectivity index (χ3n) is 3.50. The van der Waals surface area contributed by atoms with E-state index in [0.717, 1.165) is 0 Å². The molecule has 0 radical (unpaired) electrons. The molecule has 1 aliphatic rings. The molecule has 0 saturated heterocycles. The van der Waals surface area contributed by atoms with Crippen LogP contribution in [0.2, 0.25) is 0 Å². The van der Waals surface area contributed by atoms with Crippen LogP contribution >= 0.6 is 11.3 Å². The zero-order chi connectivity index (χ0) is 17.1. The molecule has 7 heteroatoms. The number of nitrogens with zero attached hydrogens (tertiary/aromatic N) is 2. The minimum atomic E-state index is -0.151. The molecule has 0 unspecified atom stereocenters. The summed E-state index contributed by atoms with van der Waals surface area (Å²) in [7, 11) is 0. The van der Waals surface area contributed by atoms with Gasteiger partial charge < -0.3 is 9.47 Å². The van der Waals surface area contributed by atoms with Gasteiger partial charge in [-0.15, -0.1) is 11.3 Å². The number of amides is 1. The third-order valence-corrected chi connectivity index (χ3v) is 4.38. The lowest BCUT2D eigenvalue weighted by Crippen LogP contribution is -2.27. The Morgan fingerprint density at radius 2 is 2.12 bits per heavy atom. The lowest BCUT2D eigenvalue weighted by atomic mass is 10.1. The van der Waals surface area contributed by atoms with E-state index in [4.69, 9.17) is 9.47 Å². The van der Waals surface area contributed by atoms with Gasteiger partial charge in [0, 0.05) is 24.4 Å². The van der Waals surface area contributed by atoms with Gasteiger partial charge in [0.25, 0.3) is 0 Å². The molecule has 24 heavy (non-hydrogen) atoms. The van der Waals surface area contributed by atoms with Crippen LogP contribution in [0.15, 0.2) is 29.7 Å². The van der Waals surface area contributed by atoms with E-state index >= 15 is 0 Å². The summed E-state index contributed by atoms with van der Waals surface area (Å²) in [6, 6.07) is 5.08. The number of benzene rings is 1. The Morgan fingerprint density at radius 3 is 2.88 bits per heavy atom. The Kier molecular flexibility index (Phi) is 4.61. The van der Waals surface area contributed by atoms with E-state index in [1.165, 1.54) is 24.3 Å². The SMILES string of the molecule is CCN(C(C)=O)c1nc(/C=C/C(=O)c2ccc3c(c2)OCO3)cs1. The highest BCUT2D eigenvalue weighted by Crippen LogP contribution is 2.32. The first-order valence-corrected chi connectivity index (χ1v) is 8.32. The second-order valence-electron chi connectivity index (χ2n) is 5.08. The third kappa shape index (κ3) is 3.30. The maximum atomic E-state index is 12.3. The molecule has 1 aromatic carbocycles. The standard InChI is InChI=1S/C17H16N2O4S/c1-3-19(11(2)20)17-18-13(9-24-17)5-6-14(21)12-4-7-15-16(8-12)23-10-22-15/h4-9H,3,10H2,1-2H3/b6-5+. The Bertz CT molecular complexity index is 813. The lowest BCUT2D eigenvalue weighted by molar-refractivity contribution is -0.116. The number of hydrogen-bond donors (Lipinski definition) is 0. The summed E-state index contributed by atoms with van der Waals surface area (Å²) in [6.45, 7) is 4.13. The van der Waals surface area contributed by atoms with E-state index in [0.29, 0.717) is 34.4 Å². The van der Waals surface area contributed by atoms with Crippen molar-refractivity contribution in [3.8, 4) is 11.5 Å². The van der Waals surface area contributed by atoms with Crippen LogP contribution in [0.5, 0.6) is 11.5 Å². The Balaban J connectivity index is 1.73. The molecule has 124 valence electrons. The zero-order valence-electron chi connectivity index (χ0n) is 13.3. The summed E-state index contributed by atoms with van der Waals surface area (Å²) in [5.74, 6) is 1.01. The van der Waals surface area contributed by atoms with Crippen molar-refractivity contribution in [2.45, 2.75) is 13.8 Å². The van der Waals surface area contributed by atoms with Gasteiger partial charge in [0.1, 0.15) is 0 Å². The average Bonchev–Trinajstić information content (AvgIpc) is 3.21. The number of thiazole rings is 1. The fourth-order valence-electron chi connectivity index (χ4n) is 2.28. The molecule has 1 amide bonds. The molecule has 0 bridgehead atoms. The van der Waals surface area contributed by atoms with Crippen molar-refractivity contribution < 1.29 is 19.1 Å². The van der Waals surface area contributed by atoms with Crippen LogP contribution in [-0.2, 0) is 4.79 Å². The second-order valence-corrected chi connectivity index (χ2v) is 5.92. The number of fused-ring (bicyclic) bond motifs is 1. The van der Waals surface area contributed by atoms with Gasteiger partial charge in [-0.1, -0.05) is 0 Å². The molecule has 2 aromatic rings. The molecular weight excluding hydrogens is 328 g/mol. The average molecular weight is 344 g/mol. The lowest BCUT2D eigenvalue weighted by Gasteiger charge is -2.14. The van der Waals surface area contributed by atoms with E-state index in [1.54, 1.807) is 29.2 Å². The van der Waals surface area contributed by atoms with Gasteiger partial charge in [-0.25, -0.2) is 4.98 Å². The quantitative estimate of drug-likeness (QED) is 0.616. The van der Waals surface area contributed by atoms with Crippen molar-refractivity contribution >= 4 is 34.2 Å². The number of carbonyl (C=O) groups is 2. The second kappa shape index (κ2) is 6.84. The summed E-state index contributed by atoms with van der Waals surface area (Å²) in [5.41, 5.74) is 1.16. The number of allylic oxidation sites excluding steroid dienone is 1. The summed E-state index contributed by atoms with van der Waals surface area (Å²) in [5, 5.41) is 2.44. The highest BCUT2D eigenvalue weighted by molar-refractivity contribution is 7.14. The predicted molar refractivity (Wildman–Crippen MR) is 91.7 cm³/mol. The number of aromatic nitrogens is 1. The Labute approximate surface area is 143 Å². The molecule has 0 atom stereocenters. The molecule has 0 fully saturated rings. The minimum absolute atomic E-state index is 0.0567. The first-order valence-electron chi connectivity index (χ1n) is 7.44. The van der Waals surface area contributed by atoms with E-state index in [9.17, 15) is 9.59 Å². The maximum Gasteiger partial charge on any atom is 0.231 e. The minimum Gasteiger partial charge on any atom is -0.454 e. The number of carbonyl (C=O) groups excluding carboxylic acids is 2. The molecule has 6 nitrogen and oxygen atoms in total. The largest absolute Gasteiger partial charge is 0.454 e. The van der Waals surface area contributed by atoms with Gasteiger partial charge in [0.2, 0.25) is 12.7 Å². The summed E-state index contributed by atoms with van der Waals surface area (Å²) in [6.07, 6.45) is 3.10. The number of ketones is 1. The Hall–Kier alpha value is -2.67. The van der Waals surface area contributed by atoms with Crippen LogP contribution in [0.3, 0.4) is 0 Å². The topological polar surface area (TPSA) is 68.7 Å². The number of anilines is 1. The van der Waals surface area contributed by atoms with Crippen LogP contribution in [-0.4, -0.2) is 30.0 Å². The number of hydrogen-bond acceptors (Lipinski definition) is 6. The molecule has 1 aromatic heterocycles. The van der Waals surface area contributed by atoms with Crippen molar-refractivity contribution in [2.24, 2.45) is 0 Å². The smallest absolute Gasteiger partial charge is 0.231 e. The van der Waals surface area contributed by atoms with Crippen LogP contribution in [0, 0.1) is 0 Å². The van der Waals surface area contributed by atoms with Crippen molar-refractivity contribution in [3.63, 3.8) is 0 Å². The van der Waals surface area contributed by atoms with Gasteiger partial charge in [0.15, 0.2) is 22.4 Å². The van der Waals surface area contributed by atoms with Gasteiger partial charge in [-0.2, -0.15) is 0 Å². The molecule has 1 aliphatic heterocycles. The molecule has 0 spiro atoms. The summed E-state index contributed by atoms with van der Waals surface area (Å²) < 4.78 is 10.5. The molecular formula is C17H16N2O4S. The first kappa shape index (κ1) is 16.2. The highest BCUT2D eigenvalue weighted by Gasteiger charge is 2.15. The molecule has 0 N–H and O–H groups in total. The van der Waals surface area contributed by atoms with E-state index in [-0.39, 0.29) is 18.5 Å². The molecule has 3 rings (SSSR count). The molecule has 0 saturated carbocycles. The first-order chi connectivity index (χ1) is 11.6. The maximum absolute atomic E-state index is 12.3. The van der Waals surface area contributed by atoms with Gasteiger partial charge in [-0.05, 0) is 37.3 Å². The van der Waals surface area contributed by atoms with Crippen LogP contribution in [0.4, 0.5) is 5.13 Å². The Morgan fingerprint density at radius 1 is 1.33 bits per heavy atom. The van der Waals surface area contributed by atoms with Crippen molar-refractivity contribution in [1.29, 1.82) is 0 Å². The number of rotatable bonds is 5. The predicted octanol–water partition coefficient (Wildman–Crippen LogP) is 3.14. The van der Waals surface area contributed by atoms with Crippen molar-refractivity contribution in [1.82, 2.24) is 4.98 Å². The molecule has 0 aliphatic carbocycles. The van der Waals surface area contributed by atoms with E-state index in [1.807, 2.05) is 12.3 Å². The van der Waals surface area contributed by atoms with Crippen molar-refractivity contribution in [3.05, 3.63) is 40.9 Å². The van der Waals surface area contributed by atoms with Crippen LogP contribution < -0.4 is 14.4 Å². The van der Waals surface area contributed by atoms with Gasteiger partial charge in [0.05, 0.1) is 5.69 Å². The van der Waals surface area contributed by atoms with Gasteiger partial charge in [-0.3, -0.25) is 14.5 Å². The normalized spacial score (nSPS) is 12.6. The monoisotopic (exact) mass is 344 g/mol. The fraction of sp³-hybridized carbons (Fsp3) is 0.235. The fourth-order valence-corrected chi connectivity index (χ4v) is 3.18. The summed E-state index contributed by atoms with van der Waals surface area (Å²) >= 11 is 1.37. The van der Waals surface area contributed by atoms with E-state index in [2.05, 4.69) is 4.98 Å². The van der Waals surface area contributed by atoms with Gasteiger partial charge >= 0.3 is 0 Å². The molecule has 2 heterocycles. The zero-order valence-corrected chi connectivity index (χ0v) is 14.1. The number of ether oxygens (including phenoxy) is 2. The van der Waals surface area contributed by atoms with Crippen LogP contribution in [0.25, 0.3) is 6.08 Å².